The average molecular weight is 485 g/mol. The molecule has 1 aliphatic heterocycles. The predicted octanol–water partition coefficient (Wildman–Crippen LogP) is 3.39. The number of carbonyl (C=O) groups excluding carboxylic acids is 3. The topological polar surface area (TPSA) is 119 Å². The number of piperidine rings is 1. The molecule has 1 N–H and O–H groups in total. The van der Waals surface area contributed by atoms with Crippen LogP contribution < -0.4 is 10.2 Å². The van der Waals surface area contributed by atoms with Crippen LogP contribution in [0.25, 0.3) is 0 Å². The summed E-state index contributed by atoms with van der Waals surface area (Å²) in [6, 6.07) is 5.50. The van der Waals surface area contributed by atoms with E-state index in [1.54, 1.807) is 11.4 Å². The van der Waals surface area contributed by atoms with Gasteiger partial charge < -0.3 is 9.64 Å². The van der Waals surface area contributed by atoms with E-state index in [-0.39, 0.29) is 31.6 Å². The summed E-state index contributed by atoms with van der Waals surface area (Å²) < 4.78 is 43.6. The summed E-state index contributed by atoms with van der Waals surface area (Å²) in [5.74, 6) is -2.62. The molecule has 0 atom stereocenters. The minimum Gasteiger partial charge on any atom is -0.455 e. The van der Waals surface area contributed by atoms with E-state index in [2.05, 4.69) is 5.32 Å². The minimum absolute atomic E-state index is 0.0336. The van der Waals surface area contributed by atoms with Crippen molar-refractivity contribution in [1.29, 1.82) is 0 Å². The van der Waals surface area contributed by atoms with Gasteiger partial charge in [-0.1, -0.05) is 6.07 Å². The molecular weight excluding hydrogens is 467 g/mol. The highest BCUT2D eigenvalue weighted by Crippen LogP contribution is 2.37. The van der Waals surface area contributed by atoms with Crippen LogP contribution in [0.15, 0.2) is 35.7 Å². The lowest BCUT2D eigenvalue weighted by molar-refractivity contribution is -0.384. The number of nitrogens with zero attached hydrogens (tertiary/aromatic N) is 2. The van der Waals surface area contributed by atoms with E-state index in [1.807, 2.05) is 0 Å². The van der Waals surface area contributed by atoms with Crippen molar-refractivity contribution in [2.45, 2.75) is 19.0 Å². The average Bonchev–Trinajstić information content (AvgIpc) is 3.32. The Kier molecular flexibility index (Phi) is 7.31. The van der Waals surface area contributed by atoms with Crippen molar-refractivity contribution in [3.63, 3.8) is 0 Å². The van der Waals surface area contributed by atoms with Crippen LogP contribution >= 0.6 is 11.3 Å². The molecule has 1 saturated heterocycles. The lowest BCUT2D eigenvalue weighted by Crippen LogP contribution is -2.39. The molecule has 1 aliphatic rings. The highest BCUT2D eigenvalue weighted by atomic mass is 32.1. The van der Waals surface area contributed by atoms with Crippen LogP contribution in [0, 0.1) is 16.0 Å². The van der Waals surface area contributed by atoms with Gasteiger partial charge in [-0.25, -0.2) is 0 Å². The Bertz CT molecular complexity index is 1050. The number of nitrogens with one attached hydrogen (secondary N) is 1. The van der Waals surface area contributed by atoms with Crippen LogP contribution in [0.4, 0.5) is 24.5 Å². The summed E-state index contributed by atoms with van der Waals surface area (Å²) in [5, 5.41) is 15.1. The molecule has 9 nitrogen and oxygen atoms in total. The molecular formula is C20H18F3N3O6S. The van der Waals surface area contributed by atoms with Gasteiger partial charge in [0, 0.05) is 19.2 Å². The molecule has 1 aromatic heterocycles. The Labute approximate surface area is 189 Å². The summed E-state index contributed by atoms with van der Waals surface area (Å²) in [5.41, 5.74) is -1.75. The number of carbonyl (C=O) groups is 3. The first kappa shape index (κ1) is 24.2. The van der Waals surface area contributed by atoms with Crippen LogP contribution in [-0.2, 0) is 20.5 Å². The van der Waals surface area contributed by atoms with Crippen molar-refractivity contribution in [3.05, 3.63) is 56.3 Å². The second-order valence-corrected chi connectivity index (χ2v) is 8.13. The molecule has 2 amide bonds. The number of hydrogen-bond acceptors (Lipinski definition) is 8. The molecule has 1 aromatic carbocycles. The number of thiophene rings is 1. The predicted molar refractivity (Wildman–Crippen MR) is 111 cm³/mol. The first-order chi connectivity index (χ1) is 15.6. The van der Waals surface area contributed by atoms with Gasteiger partial charge in [-0.3, -0.25) is 29.8 Å². The number of esters is 1. The number of nitro benzene ring substituents is 1. The Morgan fingerprint density at radius 2 is 1.91 bits per heavy atom. The summed E-state index contributed by atoms with van der Waals surface area (Å²) >= 11 is 1.15. The molecule has 1 fully saturated rings. The monoisotopic (exact) mass is 485 g/mol. The number of rotatable bonds is 6. The zero-order chi connectivity index (χ0) is 24.2. The van der Waals surface area contributed by atoms with Crippen LogP contribution in [0.2, 0.25) is 0 Å². The van der Waals surface area contributed by atoms with Crippen molar-refractivity contribution in [2.24, 2.45) is 5.92 Å². The third-order valence-electron chi connectivity index (χ3n) is 5.01. The standard InChI is InChI=1S/C20H18F3N3O6S/c21-20(22,23)13-3-4-14(15(10-13)26(30)31)25-7-5-12(6-8-25)19(29)32-11-17(27)24-18(28)16-2-1-9-33-16/h1-4,9-10,12H,5-8,11H2,(H,24,27,28). The van der Waals surface area contributed by atoms with E-state index in [9.17, 15) is 37.7 Å². The van der Waals surface area contributed by atoms with Gasteiger partial charge in [0.1, 0.15) is 5.69 Å². The number of amides is 2. The summed E-state index contributed by atoms with van der Waals surface area (Å²) in [7, 11) is 0. The lowest BCUT2D eigenvalue weighted by Gasteiger charge is -2.32. The number of hydrogen-bond donors (Lipinski definition) is 1. The van der Waals surface area contributed by atoms with Gasteiger partial charge in [-0.15, -0.1) is 11.3 Å². The fraction of sp³-hybridized carbons (Fsp3) is 0.350. The van der Waals surface area contributed by atoms with E-state index < -0.39 is 52.7 Å². The van der Waals surface area contributed by atoms with E-state index in [4.69, 9.17) is 4.74 Å². The summed E-state index contributed by atoms with van der Waals surface area (Å²) in [4.78, 5) is 48.2. The van der Waals surface area contributed by atoms with Crippen LogP contribution in [-0.4, -0.2) is 42.4 Å². The lowest BCUT2D eigenvalue weighted by atomic mass is 9.96. The van der Waals surface area contributed by atoms with E-state index >= 15 is 0 Å². The molecule has 0 spiro atoms. The van der Waals surface area contributed by atoms with E-state index in [1.165, 1.54) is 11.0 Å². The van der Waals surface area contributed by atoms with Gasteiger partial charge in [-0.2, -0.15) is 13.2 Å². The zero-order valence-corrected chi connectivity index (χ0v) is 17.8. The maximum Gasteiger partial charge on any atom is 0.416 e. The maximum absolute atomic E-state index is 12.9. The second kappa shape index (κ2) is 9.98. The molecule has 0 radical (unpaired) electrons. The first-order valence-corrected chi connectivity index (χ1v) is 10.6. The fourth-order valence-electron chi connectivity index (χ4n) is 3.36. The highest BCUT2D eigenvalue weighted by molar-refractivity contribution is 7.12. The molecule has 3 rings (SSSR count). The van der Waals surface area contributed by atoms with Gasteiger partial charge in [-0.05, 0) is 36.4 Å². The quantitative estimate of drug-likeness (QED) is 0.378. The molecule has 33 heavy (non-hydrogen) atoms. The van der Waals surface area contributed by atoms with Crippen molar-refractivity contribution >= 4 is 40.5 Å². The Hall–Kier alpha value is -3.48. The number of halogens is 3. The molecule has 2 heterocycles. The van der Waals surface area contributed by atoms with Crippen molar-refractivity contribution in [3.8, 4) is 0 Å². The largest absolute Gasteiger partial charge is 0.455 e. The maximum atomic E-state index is 12.9. The molecule has 0 aliphatic carbocycles. The first-order valence-electron chi connectivity index (χ1n) is 9.71. The van der Waals surface area contributed by atoms with Gasteiger partial charge in [0.25, 0.3) is 17.5 Å². The minimum atomic E-state index is -4.71. The number of nitro groups is 1. The normalized spacial score (nSPS) is 14.6. The van der Waals surface area contributed by atoms with Gasteiger partial charge >= 0.3 is 12.1 Å². The highest BCUT2D eigenvalue weighted by Gasteiger charge is 2.35. The van der Waals surface area contributed by atoms with Crippen LogP contribution in [0.1, 0.15) is 28.1 Å². The van der Waals surface area contributed by atoms with Gasteiger partial charge in [0.15, 0.2) is 6.61 Å². The Balaban J connectivity index is 1.53. The summed E-state index contributed by atoms with van der Waals surface area (Å²) in [6.45, 7) is -0.287. The molecule has 176 valence electrons. The van der Waals surface area contributed by atoms with Gasteiger partial charge in [0.2, 0.25) is 0 Å². The van der Waals surface area contributed by atoms with E-state index in [0.717, 1.165) is 23.5 Å². The van der Waals surface area contributed by atoms with Crippen LogP contribution in [0.3, 0.4) is 0 Å². The zero-order valence-electron chi connectivity index (χ0n) is 17.0. The Morgan fingerprint density at radius 3 is 2.48 bits per heavy atom. The van der Waals surface area contributed by atoms with Gasteiger partial charge in [0.05, 0.1) is 21.3 Å². The smallest absolute Gasteiger partial charge is 0.416 e. The van der Waals surface area contributed by atoms with E-state index in [0.29, 0.717) is 10.9 Å². The number of alkyl halides is 3. The third-order valence-corrected chi connectivity index (χ3v) is 5.88. The molecule has 2 aromatic rings. The van der Waals surface area contributed by atoms with Crippen LogP contribution in [0.5, 0.6) is 0 Å². The van der Waals surface area contributed by atoms with Crippen molar-refractivity contribution < 1.29 is 37.2 Å². The third kappa shape index (κ3) is 6.06. The number of ether oxygens (including phenoxy) is 1. The SMILES string of the molecule is O=C(COC(=O)C1CCN(c2ccc(C(F)(F)F)cc2[N+](=O)[O-])CC1)NC(=O)c1cccs1. The number of benzene rings is 1. The number of anilines is 1. The molecule has 0 bridgehead atoms. The Morgan fingerprint density at radius 1 is 1.21 bits per heavy atom. The molecule has 0 saturated carbocycles. The summed E-state index contributed by atoms with van der Waals surface area (Å²) in [6.07, 6.45) is -4.25. The van der Waals surface area contributed by atoms with Crippen molar-refractivity contribution in [1.82, 2.24) is 5.32 Å². The molecule has 0 unspecified atom stereocenters. The fourth-order valence-corrected chi connectivity index (χ4v) is 3.98. The second-order valence-electron chi connectivity index (χ2n) is 7.18. The van der Waals surface area contributed by atoms with Crippen molar-refractivity contribution in [2.75, 3.05) is 24.6 Å². The molecule has 13 heteroatoms. The number of imide groups is 1.